The number of ether oxygens (including phenoxy) is 2. The molecule has 0 spiro atoms. The predicted molar refractivity (Wildman–Crippen MR) is 179 cm³/mol. The predicted octanol–water partition coefficient (Wildman–Crippen LogP) is 7.31. The first kappa shape index (κ1) is 37.3. The fourth-order valence-corrected chi connectivity index (χ4v) is 6.17. The van der Waals surface area contributed by atoms with E-state index >= 15 is 0 Å². The highest BCUT2D eigenvalue weighted by molar-refractivity contribution is 9.10. The Morgan fingerprint density at radius 3 is 2.34 bits per heavy atom. The van der Waals surface area contributed by atoms with Gasteiger partial charge in [-0.25, -0.2) is 13.6 Å². The zero-order valence-corrected chi connectivity index (χ0v) is 28.9. The van der Waals surface area contributed by atoms with Gasteiger partial charge in [-0.2, -0.15) is 4.39 Å². The number of carbonyl (C=O) groups excluding carboxylic acids is 2. The number of hydrogen-bond donors (Lipinski definition) is 2. The van der Waals surface area contributed by atoms with Crippen molar-refractivity contribution in [3.63, 3.8) is 0 Å². The Bertz CT molecular complexity index is 1660. The molecule has 1 atom stereocenters. The first-order chi connectivity index (χ1) is 24.1. The van der Waals surface area contributed by atoms with Crippen molar-refractivity contribution in [3.05, 3.63) is 105 Å². The Hall–Kier alpha value is -3.95. The van der Waals surface area contributed by atoms with Crippen LogP contribution in [0.3, 0.4) is 0 Å². The lowest BCUT2D eigenvalue weighted by molar-refractivity contribution is -0.492. The molecule has 1 heterocycles. The van der Waals surface area contributed by atoms with Gasteiger partial charge in [-0.1, -0.05) is 64.5 Å². The van der Waals surface area contributed by atoms with Gasteiger partial charge < -0.3 is 19.3 Å². The highest BCUT2D eigenvalue weighted by Crippen LogP contribution is 2.36. The fraction of sp³-hybridized carbons (Fsp3) is 0.389. The van der Waals surface area contributed by atoms with Crippen molar-refractivity contribution in [2.45, 2.75) is 51.1 Å². The second kappa shape index (κ2) is 17.8. The molecule has 3 aromatic carbocycles. The zero-order valence-electron chi connectivity index (χ0n) is 27.3. The molecule has 0 aromatic heterocycles. The van der Waals surface area contributed by atoms with Crippen LogP contribution in [0, 0.1) is 23.4 Å². The summed E-state index contributed by atoms with van der Waals surface area (Å²) >= 11 is 3.60. The zero-order chi connectivity index (χ0) is 35.6. The summed E-state index contributed by atoms with van der Waals surface area (Å²) in [6, 6.07) is 17.1. The first-order valence-electron chi connectivity index (χ1n) is 16.4. The van der Waals surface area contributed by atoms with E-state index in [1.807, 2.05) is 59.5 Å². The van der Waals surface area contributed by atoms with E-state index < -0.39 is 35.2 Å². The third kappa shape index (κ3) is 10.1. The average molecular weight is 763 g/mol. The fourth-order valence-electron chi connectivity index (χ4n) is 5.76. The molecule has 2 N–H and O–H groups in total. The summed E-state index contributed by atoms with van der Waals surface area (Å²) in [6.07, 6.45) is 4.96. The van der Waals surface area contributed by atoms with Crippen LogP contribution in [0.15, 0.2) is 71.2 Å². The van der Waals surface area contributed by atoms with E-state index in [9.17, 15) is 22.8 Å². The van der Waals surface area contributed by atoms with E-state index in [2.05, 4.69) is 20.8 Å². The second-order valence-corrected chi connectivity index (χ2v) is 13.0. The molecular weight excluding hydrogens is 723 g/mol. The molecule has 2 aliphatic rings. The smallest absolute Gasteiger partial charge is 0.410 e. The Labute approximate surface area is 296 Å². The molecule has 1 unspecified atom stereocenters. The van der Waals surface area contributed by atoms with Gasteiger partial charge in [-0.05, 0) is 79.0 Å². The molecule has 3 aromatic rings. The normalized spacial score (nSPS) is 15.9. The first-order valence-corrected chi connectivity index (χ1v) is 17.2. The summed E-state index contributed by atoms with van der Waals surface area (Å²) in [5, 5.41) is 16.9. The molecule has 50 heavy (non-hydrogen) atoms. The number of unbranched alkanes of at least 4 members (excludes halogenated alkanes) is 1. The molecule has 0 bridgehead atoms. The van der Waals surface area contributed by atoms with Crippen LogP contribution in [-0.2, 0) is 27.3 Å². The highest BCUT2D eigenvalue weighted by Gasteiger charge is 2.40. The number of aryl methyl sites for hydroxylation is 1. The molecule has 10 nitrogen and oxygen atoms in total. The van der Waals surface area contributed by atoms with Crippen LogP contribution in [0.1, 0.15) is 48.8 Å². The summed E-state index contributed by atoms with van der Waals surface area (Å²) in [5.41, 5.74) is 3.56. The van der Waals surface area contributed by atoms with Crippen LogP contribution in [0.5, 0.6) is 5.75 Å². The van der Waals surface area contributed by atoms with Crippen molar-refractivity contribution < 1.29 is 47.5 Å². The minimum Gasteiger partial charge on any atom is -0.488 e. The van der Waals surface area contributed by atoms with E-state index in [1.165, 1.54) is 4.90 Å². The van der Waals surface area contributed by atoms with Gasteiger partial charge >= 0.3 is 6.09 Å². The van der Waals surface area contributed by atoms with Crippen molar-refractivity contribution in [2.75, 3.05) is 32.9 Å². The van der Waals surface area contributed by atoms with Crippen molar-refractivity contribution >= 4 is 33.5 Å². The van der Waals surface area contributed by atoms with Crippen molar-refractivity contribution in [2.24, 2.45) is 5.92 Å². The number of benzene rings is 3. The van der Waals surface area contributed by atoms with Crippen molar-refractivity contribution in [1.29, 1.82) is 0 Å². The molecule has 5 rings (SSSR count). The molecule has 14 heteroatoms. The molecule has 1 aliphatic carbocycles. The summed E-state index contributed by atoms with van der Waals surface area (Å²) in [7, 11) is 0. The van der Waals surface area contributed by atoms with E-state index in [-0.39, 0.29) is 50.2 Å². The number of hydrogen-bond acceptors (Lipinski definition) is 8. The Morgan fingerprint density at radius 1 is 0.900 bits per heavy atom. The van der Waals surface area contributed by atoms with Crippen molar-refractivity contribution in [3.8, 4) is 5.75 Å². The maximum atomic E-state index is 14.4. The quantitative estimate of drug-likeness (QED) is 0.0889. The van der Waals surface area contributed by atoms with Gasteiger partial charge in [0.15, 0.2) is 17.4 Å². The Balaban J connectivity index is 1.27. The topological polar surface area (TPSA) is 112 Å². The van der Waals surface area contributed by atoms with E-state index in [0.717, 1.165) is 45.6 Å². The Morgan fingerprint density at radius 2 is 1.62 bits per heavy atom. The van der Waals surface area contributed by atoms with Crippen LogP contribution >= 0.6 is 15.9 Å². The monoisotopic (exact) mass is 761 g/mol. The number of rotatable bonds is 16. The van der Waals surface area contributed by atoms with Gasteiger partial charge in [0.2, 0.25) is 11.7 Å². The van der Waals surface area contributed by atoms with Crippen LogP contribution in [0.2, 0.25) is 0 Å². The van der Waals surface area contributed by atoms with Crippen molar-refractivity contribution in [1.82, 2.24) is 15.2 Å². The SMILES string of the molecule is O=C(OCCCCON(O)O)N1CC=C(c2ccc(CCCOc3c(F)ccc(F)c3F)cc2)C(C(=O)N(Cc2ccccc2Br)C2CC2)C1. The number of halogens is 4. The molecule has 268 valence electrons. The van der Waals surface area contributed by atoms with Crippen LogP contribution < -0.4 is 4.74 Å². The second-order valence-electron chi connectivity index (χ2n) is 12.1. The van der Waals surface area contributed by atoms with Gasteiger partial charge in [0.05, 0.1) is 31.1 Å². The molecule has 1 saturated carbocycles. The summed E-state index contributed by atoms with van der Waals surface area (Å²) in [4.78, 5) is 35.4. The summed E-state index contributed by atoms with van der Waals surface area (Å²) in [5.74, 6) is -4.97. The summed E-state index contributed by atoms with van der Waals surface area (Å²) < 4.78 is 52.8. The van der Waals surface area contributed by atoms with E-state index in [0.29, 0.717) is 38.3 Å². The van der Waals surface area contributed by atoms with Gasteiger partial charge in [-0.3, -0.25) is 20.0 Å². The van der Waals surface area contributed by atoms with Crippen LogP contribution in [0.4, 0.5) is 18.0 Å². The maximum absolute atomic E-state index is 14.4. The largest absolute Gasteiger partial charge is 0.488 e. The lowest BCUT2D eigenvalue weighted by Gasteiger charge is -2.35. The Kier molecular flexibility index (Phi) is 13.3. The number of nitrogens with zero attached hydrogens (tertiary/aromatic N) is 3. The maximum Gasteiger partial charge on any atom is 0.410 e. The molecular formula is C36H39BrF3N3O7. The van der Waals surface area contributed by atoms with Gasteiger partial charge in [0.25, 0.3) is 0 Å². The van der Waals surface area contributed by atoms with Gasteiger partial charge in [0, 0.05) is 30.1 Å². The third-order valence-electron chi connectivity index (χ3n) is 8.55. The molecule has 1 aliphatic heterocycles. The van der Waals surface area contributed by atoms with E-state index in [4.69, 9.17) is 19.9 Å². The molecule has 2 amide bonds. The minimum atomic E-state index is -1.35. The molecule has 0 saturated heterocycles. The number of amides is 2. The number of carbonyl (C=O) groups is 2. The summed E-state index contributed by atoms with van der Waals surface area (Å²) in [6.45, 7) is 0.906. The van der Waals surface area contributed by atoms with Gasteiger partial charge in [0.1, 0.15) is 0 Å². The van der Waals surface area contributed by atoms with Gasteiger partial charge in [-0.15, -0.1) is 0 Å². The molecule has 0 radical (unpaired) electrons. The molecule has 1 fully saturated rings. The average Bonchev–Trinajstić information content (AvgIpc) is 3.96. The van der Waals surface area contributed by atoms with Crippen LogP contribution in [-0.4, -0.2) is 76.6 Å². The standard InChI is InChI=1S/C36H39BrF3N3O7/c37-30-8-2-1-7-26(30)22-42(27-13-14-27)35(44)29-23-41(36(45)49-19-3-4-21-50-43(46)47)18-17-28(29)25-11-9-24(10-12-25)6-5-20-48-34-32(39)16-15-31(38)33(34)40/h1-2,7-12,15-17,27,29,46-47H,3-6,13-14,18-23H2. The lowest BCUT2D eigenvalue weighted by atomic mass is 9.87. The minimum absolute atomic E-state index is 0.0149. The van der Waals surface area contributed by atoms with E-state index in [1.54, 1.807) is 0 Å². The lowest BCUT2D eigenvalue weighted by Crippen LogP contribution is -2.47. The highest BCUT2D eigenvalue weighted by atomic mass is 79.9. The van der Waals surface area contributed by atoms with Crippen LogP contribution in [0.25, 0.3) is 5.57 Å². The third-order valence-corrected chi connectivity index (χ3v) is 9.33.